The number of hydrogen-bond acceptors (Lipinski definition) is 6. The SMILES string of the molecule is Cc1nn(-c2ccc(F)cc2)c(Cl)c1/C=N\NC(=S)Nc1cc(S(=O)(=O)N2CCOCC2)ccc1Cl. The summed E-state index contributed by atoms with van der Waals surface area (Å²) in [6, 6.07) is 10.1. The van der Waals surface area contributed by atoms with E-state index in [0.717, 1.165) is 0 Å². The van der Waals surface area contributed by atoms with E-state index in [-0.39, 0.29) is 39.1 Å². The Morgan fingerprint density at radius 3 is 2.58 bits per heavy atom. The summed E-state index contributed by atoms with van der Waals surface area (Å²) in [5.41, 5.74) is 4.68. The lowest BCUT2D eigenvalue weighted by atomic mass is 10.3. The number of rotatable bonds is 6. The van der Waals surface area contributed by atoms with Crippen molar-refractivity contribution < 1.29 is 17.5 Å². The molecule has 0 spiro atoms. The molecule has 0 aliphatic carbocycles. The lowest BCUT2D eigenvalue weighted by Crippen LogP contribution is -2.40. The number of aromatic nitrogens is 2. The number of ether oxygens (including phenoxy) is 1. The number of benzene rings is 2. The number of hydrogen-bond donors (Lipinski definition) is 2. The van der Waals surface area contributed by atoms with Gasteiger partial charge in [-0.25, -0.2) is 17.5 Å². The topological polar surface area (TPSA) is 101 Å². The first-order chi connectivity index (χ1) is 17.2. The van der Waals surface area contributed by atoms with Gasteiger partial charge in [0, 0.05) is 13.1 Å². The molecule has 2 aromatic carbocycles. The molecule has 2 heterocycles. The van der Waals surface area contributed by atoms with Gasteiger partial charge < -0.3 is 10.1 Å². The number of nitrogens with zero attached hydrogens (tertiary/aromatic N) is 4. The summed E-state index contributed by atoms with van der Waals surface area (Å²) in [6.07, 6.45) is 1.44. The zero-order valence-electron chi connectivity index (χ0n) is 18.9. The van der Waals surface area contributed by atoms with Gasteiger partial charge in [-0.1, -0.05) is 23.2 Å². The molecule has 36 heavy (non-hydrogen) atoms. The predicted octanol–water partition coefficient (Wildman–Crippen LogP) is 3.97. The normalized spacial score (nSPS) is 14.8. The van der Waals surface area contributed by atoms with Gasteiger partial charge in [0.25, 0.3) is 0 Å². The Morgan fingerprint density at radius 1 is 1.19 bits per heavy atom. The lowest BCUT2D eigenvalue weighted by Gasteiger charge is -2.26. The highest BCUT2D eigenvalue weighted by Crippen LogP contribution is 2.27. The van der Waals surface area contributed by atoms with Gasteiger partial charge in [-0.3, -0.25) is 5.43 Å². The Kier molecular flexibility index (Phi) is 8.23. The zero-order chi connectivity index (χ0) is 25.9. The van der Waals surface area contributed by atoms with E-state index in [1.165, 1.54) is 45.5 Å². The quantitative estimate of drug-likeness (QED) is 0.263. The predicted molar refractivity (Wildman–Crippen MR) is 141 cm³/mol. The van der Waals surface area contributed by atoms with Crippen molar-refractivity contribution in [2.24, 2.45) is 5.10 Å². The largest absolute Gasteiger partial charge is 0.379 e. The fourth-order valence-corrected chi connectivity index (χ4v) is 5.50. The van der Waals surface area contributed by atoms with Gasteiger partial charge >= 0.3 is 0 Å². The van der Waals surface area contributed by atoms with Crippen molar-refractivity contribution in [3.63, 3.8) is 0 Å². The van der Waals surface area contributed by atoms with Gasteiger partial charge in [0.2, 0.25) is 10.0 Å². The maximum absolute atomic E-state index is 13.2. The van der Waals surface area contributed by atoms with Crippen LogP contribution in [0.15, 0.2) is 52.5 Å². The molecule has 1 aliphatic heterocycles. The van der Waals surface area contributed by atoms with Crippen LogP contribution in [0, 0.1) is 12.7 Å². The number of sulfonamides is 1. The van der Waals surface area contributed by atoms with Crippen LogP contribution in [-0.4, -0.2) is 60.1 Å². The van der Waals surface area contributed by atoms with Crippen molar-refractivity contribution in [3.05, 3.63) is 69.7 Å². The third-order valence-electron chi connectivity index (χ3n) is 5.27. The number of nitrogens with one attached hydrogen (secondary N) is 2. The Hall–Kier alpha value is -2.61. The number of hydrazone groups is 1. The number of aryl methyl sites for hydroxylation is 1. The van der Waals surface area contributed by atoms with Crippen molar-refractivity contribution in [2.75, 3.05) is 31.6 Å². The minimum atomic E-state index is -3.71. The van der Waals surface area contributed by atoms with Crippen molar-refractivity contribution in [1.82, 2.24) is 19.5 Å². The van der Waals surface area contributed by atoms with Crippen LogP contribution in [0.25, 0.3) is 5.69 Å². The molecule has 1 aromatic heterocycles. The Balaban J connectivity index is 1.45. The molecule has 1 saturated heterocycles. The molecule has 1 aliphatic rings. The molecule has 0 atom stereocenters. The summed E-state index contributed by atoms with van der Waals surface area (Å²) in [7, 11) is -3.71. The minimum Gasteiger partial charge on any atom is -0.379 e. The molecule has 0 bridgehead atoms. The summed E-state index contributed by atoms with van der Waals surface area (Å²) in [5.74, 6) is -0.366. The van der Waals surface area contributed by atoms with Crippen LogP contribution in [0.1, 0.15) is 11.3 Å². The average Bonchev–Trinajstić information content (AvgIpc) is 3.14. The maximum atomic E-state index is 13.2. The third-order valence-corrected chi connectivity index (χ3v) is 8.05. The standard InChI is InChI=1S/C22H21Cl2FN6O3S2/c1-14-18(21(24)31(29-14)16-4-2-15(25)3-5-16)13-26-28-22(35)27-20-12-17(6-7-19(20)23)36(32,33)30-8-10-34-11-9-30/h2-7,12-13H,8-11H2,1H3,(H2,27,28,35)/b26-13-. The molecule has 0 unspecified atom stereocenters. The van der Waals surface area contributed by atoms with Gasteiger partial charge in [-0.2, -0.15) is 14.5 Å². The van der Waals surface area contributed by atoms with E-state index >= 15 is 0 Å². The highest BCUT2D eigenvalue weighted by molar-refractivity contribution is 7.89. The molecule has 4 rings (SSSR count). The van der Waals surface area contributed by atoms with Crippen molar-refractivity contribution in [3.8, 4) is 5.69 Å². The van der Waals surface area contributed by atoms with Crippen molar-refractivity contribution >= 4 is 62.5 Å². The molecular formula is C22H21Cl2FN6O3S2. The molecule has 9 nitrogen and oxygen atoms in total. The second-order valence-electron chi connectivity index (χ2n) is 7.66. The summed E-state index contributed by atoms with van der Waals surface area (Å²) in [4.78, 5) is 0.0817. The van der Waals surface area contributed by atoms with Crippen LogP contribution >= 0.6 is 35.4 Å². The Morgan fingerprint density at radius 2 is 1.89 bits per heavy atom. The van der Waals surface area contributed by atoms with Crippen LogP contribution in [0.4, 0.5) is 10.1 Å². The second kappa shape index (κ2) is 11.2. The Labute approximate surface area is 222 Å². The van der Waals surface area contributed by atoms with Gasteiger partial charge in [-0.15, -0.1) is 0 Å². The van der Waals surface area contributed by atoms with Crippen LogP contribution in [-0.2, 0) is 14.8 Å². The summed E-state index contributed by atoms with van der Waals surface area (Å²) >= 11 is 18.0. The minimum absolute atomic E-state index is 0.0776. The summed E-state index contributed by atoms with van der Waals surface area (Å²) < 4.78 is 47.2. The molecule has 3 aromatic rings. The molecule has 0 amide bonds. The van der Waals surface area contributed by atoms with Gasteiger partial charge in [-0.05, 0) is 61.6 Å². The van der Waals surface area contributed by atoms with E-state index in [1.54, 1.807) is 19.1 Å². The molecule has 190 valence electrons. The smallest absolute Gasteiger partial charge is 0.243 e. The lowest BCUT2D eigenvalue weighted by molar-refractivity contribution is 0.0730. The molecule has 14 heteroatoms. The van der Waals surface area contributed by atoms with E-state index in [9.17, 15) is 12.8 Å². The van der Waals surface area contributed by atoms with E-state index in [1.807, 2.05) is 0 Å². The number of anilines is 1. The number of halogens is 3. The second-order valence-corrected chi connectivity index (χ2v) is 10.8. The third kappa shape index (κ3) is 5.85. The first-order valence-electron chi connectivity index (χ1n) is 10.7. The monoisotopic (exact) mass is 570 g/mol. The highest BCUT2D eigenvalue weighted by Gasteiger charge is 2.27. The average molecular weight is 571 g/mol. The van der Waals surface area contributed by atoms with Gasteiger partial charge in [0.05, 0.1) is 52.0 Å². The van der Waals surface area contributed by atoms with Crippen LogP contribution in [0.3, 0.4) is 0 Å². The first kappa shape index (κ1) is 26.5. The number of thiocarbonyl (C=S) groups is 1. The summed E-state index contributed by atoms with van der Waals surface area (Å²) in [6.45, 7) is 3.00. The van der Waals surface area contributed by atoms with Gasteiger partial charge in [0.15, 0.2) is 5.11 Å². The van der Waals surface area contributed by atoms with Crippen molar-refractivity contribution in [1.29, 1.82) is 0 Å². The first-order valence-corrected chi connectivity index (χ1v) is 13.3. The molecule has 0 saturated carbocycles. The zero-order valence-corrected chi connectivity index (χ0v) is 22.1. The van der Waals surface area contributed by atoms with Gasteiger partial charge in [0.1, 0.15) is 11.0 Å². The van der Waals surface area contributed by atoms with Crippen LogP contribution in [0.2, 0.25) is 10.2 Å². The highest BCUT2D eigenvalue weighted by atomic mass is 35.5. The molecular weight excluding hydrogens is 550 g/mol. The fraction of sp³-hybridized carbons (Fsp3) is 0.227. The summed E-state index contributed by atoms with van der Waals surface area (Å²) in [5, 5.41) is 12.0. The number of morpholine rings is 1. The van der Waals surface area contributed by atoms with E-state index in [0.29, 0.717) is 35.8 Å². The van der Waals surface area contributed by atoms with Crippen LogP contribution in [0.5, 0.6) is 0 Å². The molecule has 1 fully saturated rings. The van der Waals surface area contributed by atoms with Crippen LogP contribution < -0.4 is 10.7 Å². The van der Waals surface area contributed by atoms with E-state index in [4.69, 9.17) is 40.2 Å². The molecule has 2 N–H and O–H groups in total. The van der Waals surface area contributed by atoms with E-state index in [2.05, 4.69) is 20.9 Å². The van der Waals surface area contributed by atoms with E-state index < -0.39 is 10.0 Å². The maximum Gasteiger partial charge on any atom is 0.243 e. The van der Waals surface area contributed by atoms with Crippen molar-refractivity contribution in [2.45, 2.75) is 11.8 Å². The molecule has 0 radical (unpaired) electrons. The Bertz CT molecular complexity index is 1410. The fourth-order valence-electron chi connectivity index (χ4n) is 3.41.